The summed E-state index contributed by atoms with van der Waals surface area (Å²) in [5, 5.41) is 3.27. The highest BCUT2D eigenvalue weighted by Gasteiger charge is 2.53. The molecule has 1 aliphatic carbocycles. The van der Waals surface area contributed by atoms with E-state index < -0.39 is 0 Å². The van der Waals surface area contributed by atoms with E-state index in [-0.39, 0.29) is 29.4 Å². The Hall–Kier alpha value is -2.61. The van der Waals surface area contributed by atoms with Gasteiger partial charge in [0.25, 0.3) is 0 Å². The highest BCUT2D eigenvalue weighted by molar-refractivity contribution is 5.78. The van der Waals surface area contributed by atoms with Gasteiger partial charge in [-0.1, -0.05) is 68.2 Å². The lowest BCUT2D eigenvalue weighted by atomic mass is 9.72. The van der Waals surface area contributed by atoms with Gasteiger partial charge in [-0.3, -0.25) is 9.69 Å². The van der Waals surface area contributed by atoms with Gasteiger partial charge in [0, 0.05) is 37.1 Å². The van der Waals surface area contributed by atoms with Crippen LogP contribution < -0.4 is 5.32 Å². The number of carbonyl (C=O) groups excluding carboxylic acids is 1. The molecular weight excluding hydrogens is 384 g/mol. The predicted octanol–water partition coefficient (Wildman–Crippen LogP) is 3.91. The van der Waals surface area contributed by atoms with Gasteiger partial charge in [-0.05, 0) is 36.1 Å². The summed E-state index contributed by atoms with van der Waals surface area (Å²) in [6, 6.07) is 18.6. The number of nitrogens with zero attached hydrogens (tertiary/aromatic N) is 1. The molecule has 162 valence electrons. The zero-order chi connectivity index (χ0) is 21.8. The summed E-state index contributed by atoms with van der Waals surface area (Å²) < 4.78 is 6.09. The van der Waals surface area contributed by atoms with Crippen molar-refractivity contribution in [3.63, 3.8) is 0 Å². The maximum atomic E-state index is 12.5. The van der Waals surface area contributed by atoms with E-state index in [9.17, 15) is 4.79 Å². The van der Waals surface area contributed by atoms with Crippen molar-refractivity contribution < 1.29 is 9.53 Å². The summed E-state index contributed by atoms with van der Waals surface area (Å²) in [7, 11) is 1.78. The molecule has 1 heterocycles. The monoisotopic (exact) mass is 416 g/mol. The van der Waals surface area contributed by atoms with E-state index in [1.807, 2.05) is 44.2 Å². The molecule has 0 aromatic heterocycles. The molecule has 0 radical (unpaired) electrons. The molecule has 4 nitrogen and oxygen atoms in total. The normalized spacial score (nSPS) is 22.1. The van der Waals surface area contributed by atoms with Crippen LogP contribution in [0.2, 0.25) is 0 Å². The van der Waals surface area contributed by atoms with Crippen LogP contribution in [0.5, 0.6) is 0 Å². The highest BCUT2D eigenvalue weighted by atomic mass is 16.5. The Morgan fingerprint density at radius 3 is 2.48 bits per heavy atom. The second-order valence-corrected chi connectivity index (χ2v) is 8.98. The standard InChI is InChI=1S/C27H32N2O2/c1-20(2)26(30)28-24-22-13-7-8-14-23(22)27(25(24)31-3)15-18-29(19-16-27)17-9-12-21-10-5-4-6-11-21/h4-8,10-11,13-14,20,24-25H,15-19H2,1-3H3,(H,28,30)/t24-,25+/m1/s1. The molecule has 31 heavy (non-hydrogen) atoms. The first-order chi connectivity index (χ1) is 15.0. The van der Waals surface area contributed by atoms with Crippen LogP contribution in [0.25, 0.3) is 0 Å². The molecule has 2 atom stereocenters. The second kappa shape index (κ2) is 9.26. The Labute approximate surface area is 186 Å². The second-order valence-electron chi connectivity index (χ2n) is 8.98. The molecule has 4 rings (SSSR count). The van der Waals surface area contributed by atoms with Gasteiger partial charge in [-0.2, -0.15) is 0 Å². The van der Waals surface area contributed by atoms with Gasteiger partial charge >= 0.3 is 0 Å². The first-order valence-corrected chi connectivity index (χ1v) is 11.2. The topological polar surface area (TPSA) is 41.6 Å². The van der Waals surface area contributed by atoms with Crippen molar-refractivity contribution in [2.45, 2.75) is 44.2 Å². The molecular formula is C27H32N2O2. The maximum Gasteiger partial charge on any atom is 0.223 e. The number of likely N-dealkylation sites (tertiary alicyclic amines) is 1. The fraction of sp³-hybridized carbons (Fsp3) is 0.444. The van der Waals surface area contributed by atoms with Crippen LogP contribution in [0.1, 0.15) is 49.4 Å². The van der Waals surface area contributed by atoms with Crippen LogP contribution in [0, 0.1) is 17.8 Å². The molecule has 2 aliphatic rings. The quantitative estimate of drug-likeness (QED) is 0.769. The summed E-state index contributed by atoms with van der Waals surface area (Å²) in [6.07, 6.45) is 1.96. The van der Waals surface area contributed by atoms with E-state index in [0.717, 1.165) is 38.0 Å². The zero-order valence-corrected chi connectivity index (χ0v) is 18.7. The Balaban J connectivity index is 1.51. The Bertz CT molecular complexity index is 965. The van der Waals surface area contributed by atoms with Crippen molar-refractivity contribution in [1.29, 1.82) is 0 Å². The first-order valence-electron chi connectivity index (χ1n) is 11.2. The van der Waals surface area contributed by atoms with Crippen LogP contribution in [0.4, 0.5) is 0 Å². The number of fused-ring (bicyclic) bond motifs is 2. The summed E-state index contributed by atoms with van der Waals surface area (Å²) >= 11 is 0. The van der Waals surface area contributed by atoms with Crippen molar-refractivity contribution in [3.05, 3.63) is 71.3 Å². The van der Waals surface area contributed by atoms with Crippen LogP contribution in [0.15, 0.2) is 54.6 Å². The third-order valence-electron chi connectivity index (χ3n) is 6.81. The molecule has 1 spiro atoms. The average Bonchev–Trinajstić information content (AvgIpc) is 3.04. The molecule has 1 fully saturated rings. The van der Waals surface area contributed by atoms with Crippen LogP contribution >= 0.6 is 0 Å². The van der Waals surface area contributed by atoms with E-state index in [4.69, 9.17) is 4.74 Å². The fourth-order valence-electron chi connectivity index (χ4n) is 5.13. The van der Waals surface area contributed by atoms with Crippen molar-refractivity contribution in [1.82, 2.24) is 10.2 Å². The van der Waals surface area contributed by atoms with E-state index in [2.05, 4.69) is 46.3 Å². The Morgan fingerprint density at radius 2 is 1.81 bits per heavy atom. The van der Waals surface area contributed by atoms with E-state index in [0.29, 0.717) is 0 Å². The Morgan fingerprint density at radius 1 is 1.13 bits per heavy atom. The fourth-order valence-corrected chi connectivity index (χ4v) is 5.13. The van der Waals surface area contributed by atoms with Gasteiger partial charge in [0.2, 0.25) is 5.91 Å². The Kier molecular flexibility index (Phi) is 6.46. The third-order valence-corrected chi connectivity index (χ3v) is 6.81. The number of amides is 1. The van der Waals surface area contributed by atoms with Gasteiger partial charge in [0.1, 0.15) is 0 Å². The SMILES string of the molecule is CO[C@H]1[C@H](NC(=O)C(C)C)c2ccccc2C12CCN(CC#Cc1ccccc1)CC2. The van der Waals surface area contributed by atoms with Gasteiger partial charge < -0.3 is 10.1 Å². The molecule has 2 aromatic rings. The highest BCUT2D eigenvalue weighted by Crippen LogP contribution is 2.52. The molecule has 1 aliphatic heterocycles. The molecule has 1 amide bonds. The summed E-state index contributed by atoms with van der Waals surface area (Å²) in [5.41, 5.74) is 3.54. The lowest BCUT2D eigenvalue weighted by Crippen LogP contribution is -2.50. The van der Waals surface area contributed by atoms with Crippen molar-refractivity contribution >= 4 is 5.91 Å². The van der Waals surface area contributed by atoms with E-state index in [1.54, 1.807) is 7.11 Å². The molecule has 1 N–H and O–H groups in total. The molecule has 2 aromatic carbocycles. The number of methoxy groups -OCH3 is 1. The average molecular weight is 417 g/mol. The van der Waals surface area contributed by atoms with Crippen molar-refractivity contribution in [2.24, 2.45) is 5.92 Å². The third kappa shape index (κ3) is 4.26. The maximum absolute atomic E-state index is 12.5. The van der Waals surface area contributed by atoms with Crippen molar-refractivity contribution in [3.8, 4) is 11.8 Å². The minimum absolute atomic E-state index is 0.0498. The lowest BCUT2D eigenvalue weighted by Gasteiger charge is -2.43. The number of hydrogen-bond donors (Lipinski definition) is 1. The smallest absolute Gasteiger partial charge is 0.223 e. The van der Waals surface area contributed by atoms with Gasteiger partial charge in [0.15, 0.2) is 0 Å². The number of rotatable bonds is 4. The van der Waals surface area contributed by atoms with Crippen LogP contribution in [-0.4, -0.2) is 43.7 Å². The molecule has 0 bridgehead atoms. The summed E-state index contributed by atoms with van der Waals surface area (Å²) in [4.78, 5) is 15.0. The molecule has 0 unspecified atom stereocenters. The van der Waals surface area contributed by atoms with Gasteiger partial charge in [-0.15, -0.1) is 0 Å². The minimum atomic E-state index is -0.0967. The molecule has 1 saturated heterocycles. The number of carbonyl (C=O) groups is 1. The number of ether oxygens (including phenoxy) is 1. The van der Waals surface area contributed by atoms with Gasteiger partial charge in [-0.25, -0.2) is 0 Å². The van der Waals surface area contributed by atoms with Crippen LogP contribution in [-0.2, 0) is 14.9 Å². The van der Waals surface area contributed by atoms with Crippen LogP contribution in [0.3, 0.4) is 0 Å². The largest absolute Gasteiger partial charge is 0.378 e. The zero-order valence-electron chi connectivity index (χ0n) is 18.7. The minimum Gasteiger partial charge on any atom is -0.378 e. The van der Waals surface area contributed by atoms with Crippen molar-refractivity contribution in [2.75, 3.05) is 26.7 Å². The van der Waals surface area contributed by atoms with E-state index in [1.165, 1.54) is 11.1 Å². The number of piperidine rings is 1. The molecule has 4 heteroatoms. The summed E-state index contributed by atoms with van der Waals surface area (Å²) in [6.45, 7) is 6.59. The number of nitrogens with one attached hydrogen (secondary N) is 1. The first kappa shape index (κ1) is 21.6. The lowest BCUT2D eigenvalue weighted by molar-refractivity contribution is -0.126. The summed E-state index contributed by atoms with van der Waals surface area (Å²) in [5.74, 6) is 6.62. The number of benzene rings is 2. The number of hydrogen-bond acceptors (Lipinski definition) is 3. The molecule has 0 saturated carbocycles. The predicted molar refractivity (Wildman–Crippen MR) is 124 cm³/mol. The van der Waals surface area contributed by atoms with Gasteiger partial charge in [0.05, 0.1) is 18.7 Å². The van der Waals surface area contributed by atoms with E-state index >= 15 is 0 Å².